The van der Waals surface area contributed by atoms with Crippen molar-refractivity contribution in [1.29, 1.82) is 0 Å². The molecule has 0 amide bonds. The second-order valence-electron chi connectivity index (χ2n) is 7.52. The van der Waals surface area contributed by atoms with E-state index in [9.17, 15) is 5.11 Å². The van der Waals surface area contributed by atoms with Gasteiger partial charge in [0.2, 0.25) is 0 Å². The van der Waals surface area contributed by atoms with Gasteiger partial charge in [-0.3, -0.25) is 0 Å². The molecule has 0 spiro atoms. The molecule has 0 aromatic rings. The molecule has 0 radical (unpaired) electrons. The van der Waals surface area contributed by atoms with Gasteiger partial charge in [0.25, 0.3) is 0 Å². The topological polar surface area (TPSA) is 73.8 Å². The Balaban J connectivity index is 1.96. The highest BCUT2D eigenvalue weighted by atomic mass is 127. The summed E-state index contributed by atoms with van der Waals surface area (Å²) in [6.45, 7) is 9.08. The van der Waals surface area contributed by atoms with Gasteiger partial charge in [-0.1, -0.05) is 48.9 Å². The Hall–Kier alpha value is -0.570. The fourth-order valence-electron chi connectivity index (χ4n) is 3.67. The van der Waals surface area contributed by atoms with Crippen LogP contribution in [0.3, 0.4) is 0 Å². The molecular formula is C19H31IN2O3. The number of halogens is 1. The van der Waals surface area contributed by atoms with E-state index in [-0.39, 0.29) is 10.1 Å². The molecule has 0 saturated heterocycles. The minimum absolute atomic E-state index is 0.0583. The fourth-order valence-corrected chi connectivity index (χ4v) is 3.85. The van der Waals surface area contributed by atoms with Crippen LogP contribution >= 0.6 is 22.6 Å². The van der Waals surface area contributed by atoms with E-state index >= 15 is 0 Å². The van der Waals surface area contributed by atoms with E-state index in [0.29, 0.717) is 36.2 Å². The van der Waals surface area contributed by atoms with Crippen molar-refractivity contribution in [2.75, 3.05) is 6.61 Å². The largest absolute Gasteiger partial charge is 0.511 e. The summed E-state index contributed by atoms with van der Waals surface area (Å²) in [5.74, 6) is 2.61. The molecule has 4 N–H and O–H groups in total. The zero-order chi connectivity index (χ0) is 18.6. The van der Waals surface area contributed by atoms with E-state index < -0.39 is 0 Å². The normalized spacial score (nSPS) is 31.2. The average Bonchev–Trinajstić information content (AvgIpc) is 2.57. The molecule has 6 heteroatoms. The Morgan fingerprint density at radius 1 is 1.44 bits per heavy atom. The third-order valence-corrected chi connectivity index (χ3v) is 5.74. The first-order valence-corrected chi connectivity index (χ1v) is 10.3. The summed E-state index contributed by atoms with van der Waals surface area (Å²) in [4.78, 5) is 0. The number of ether oxygens (including phenoxy) is 1. The highest BCUT2D eigenvalue weighted by Gasteiger charge is 2.30. The molecule has 5 unspecified atom stereocenters. The summed E-state index contributed by atoms with van der Waals surface area (Å²) >= 11 is 2.09. The maximum Gasteiger partial charge on any atom is 0.117 e. The Bertz CT molecular complexity index is 545. The van der Waals surface area contributed by atoms with Crippen molar-refractivity contribution in [2.45, 2.75) is 56.7 Å². The SMILES string of the molecule is CC1=CC(OCC(I)NO)=CC(C)C1CC1CC=C(O)C(C(C)C)N1. The van der Waals surface area contributed by atoms with Gasteiger partial charge in [-0.25, -0.2) is 0 Å². The Morgan fingerprint density at radius 3 is 2.76 bits per heavy atom. The van der Waals surface area contributed by atoms with Crippen molar-refractivity contribution >= 4 is 22.6 Å². The van der Waals surface area contributed by atoms with E-state index in [2.05, 4.69) is 73.2 Å². The molecule has 0 aromatic heterocycles. The standard InChI is InChI=1S/C19H31IN2O3/c1-11(2)19-17(23)6-5-14(21-19)9-16-12(3)7-15(8-13(16)4)25-10-18(20)22-24/h6-8,11-12,14,16,18-19,21-24H,5,9-10H2,1-4H3. The van der Waals surface area contributed by atoms with Gasteiger partial charge in [0.1, 0.15) is 22.2 Å². The zero-order valence-corrected chi connectivity index (χ0v) is 17.7. The van der Waals surface area contributed by atoms with E-state index in [0.717, 1.165) is 18.6 Å². The molecule has 1 aliphatic heterocycles. The van der Waals surface area contributed by atoms with Crippen molar-refractivity contribution in [3.05, 3.63) is 35.3 Å². The van der Waals surface area contributed by atoms with Crippen LogP contribution in [-0.4, -0.2) is 33.1 Å². The van der Waals surface area contributed by atoms with Crippen LogP contribution in [0.15, 0.2) is 35.3 Å². The lowest BCUT2D eigenvalue weighted by molar-refractivity contribution is 0.118. The highest BCUT2D eigenvalue weighted by molar-refractivity contribution is 14.1. The van der Waals surface area contributed by atoms with Crippen LogP contribution < -0.4 is 10.8 Å². The predicted octanol–water partition coefficient (Wildman–Crippen LogP) is 4.06. The molecule has 142 valence electrons. The van der Waals surface area contributed by atoms with Gasteiger partial charge in [-0.15, -0.1) is 0 Å². The second kappa shape index (κ2) is 9.39. The van der Waals surface area contributed by atoms with Gasteiger partial charge in [0.05, 0.1) is 6.04 Å². The number of aliphatic hydroxyl groups is 1. The number of aliphatic hydroxyl groups excluding tert-OH is 1. The smallest absolute Gasteiger partial charge is 0.117 e. The first kappa shape index (κ1) is 20.7. The number of hydrogen-bond acceptors (Lipinski definition) is 5. The van der Waals surface area contributed by atoms with E-state index in [1.807, 2.05) is 6.08 Å². The number of nitrogens with one attached hydrogen (secondary N) is 2. The molecule has 2 rings (SSSR count). The van der Waals surface area contributed by atoms with Crippen molar-refractivity contribution in [2.24, 2.45) is 17.8 Å². The first-order chi connectivity index (χ1) is 11.8. The van der Waals surface area contributed by atoms with E-state index in [4.69, 9.17) is 9.94 Å². The van der Waals surface area contributed by atoms with E-state index in [1.54, 1.807) is 0 Å². The second-order valence-corrected chi connectivity index (χ2v) is 9.02. The first-order valence-electron chi connectivity index (χ1n) is 9.03. The summed E-state index contributed by atoms with van der Waals surface area (Å²) in [6, 6.07) is 0.440. The minimum Gasteiger partial charge on any atom is -0.511 e. The lowest BCUT2D eigenvalue weighted by Gasteiger charge is -2.36. The van der Waals surface area contributed by atoms with Gasteiger partial charge in [-0.2, -0.15) is 5.48 Å². The van der Waals surface area contributed by atoms with Gasteiger partial charge in [-0.05, 0) is 55.7 Å². The van der Waals surface area contributed by atoms with Gasteiger partial charge >= 0.3 is 0 Å². The maximum absolute atomic E-state index is 10.1. The minimum atomic E-state index is -0.126. The molecule has 0 bridgehead atoms. The molecule has 0 aromatic carbocycles. The quantitative estimate of drug-likeness (QED) is 0.199. The zero-order valence-electron chi connectivity index (χ0n) is 15.5. The van der Waals surface area contributed by atoms with Crippen molar-refractivity contribution in [3.63, 3.8) is 0 Å². The van der Waals surface area contributed by atoms with Crippen molar-refractivity contribution in [1.82, 2.24) is 10.8 Å². The van der Waals surface area contributed by atoms with Crippen LogP contribution in [0.25, 0.3) is 0 Å². The third kappa shape index (κ3) is 5.70. The van der Waals surface area contributed by atoms with Crippen molar-refractivity contribution in [3.8, 4) is 0 Å². The van der Waals surface area contributed by atoms with Crippen LogP contribution in [0, 0.1) is 17.8 Å². The average molecular weight is 462 g/mol. The van der Waals surface area contributed by atoms with Crippen LogP contribution in [0.5, 0.6) is 0 Å². The van der Waals surface area contributed by atoms with E-state index in [1.165, 1.54) is 5.57 Å². The Morgan fingerprint density at radius 2 is 2.16 bits per heavy atom. The molecule has 2 aliphatic rings. The number of hydrogen-bond donors (Lipinski definition) is 4. The number of rotatable bonds is 7. The molecule has 0 saturated carbocycles. The van der Waals surface area contributed by atoms with Crippen molar-refractivity contribution < 1.29 is 15.1 Å². The van der Waals surface area contributed by atoms with Crippen LogP contribution in [0.1, 0.15) is 40.5 Å². The van der Waals surface area contributed by atoms with Gasteiger partial charge in [0, 0.05) is 6.04 Å². The molecule has 5 atom stereocenters. The Labute approximate surface area is 164 Å². The van der Waals surface area contributed by atoms with Crippen LogP contribution in [-0.2, 0) is 4.74 Å². The maximum atomic E-state index is 10.1. The predicted molar refractivity (Wildman–Crippen MR) is 109 cm³/mol. The number of hydroxylamine groups is 1. The summed E-state index contributed by atoms with van der Waals surface area (Å²) in [5, 5.41) is 22.5. The number of allylic oxidation sites excluding steroid dienone is 3. The fraction of sp³-hybridized carbons (Fsp3) is 0.684. The molecule has 5 nitrogen and oxygen atoms in total. The molecule has 25 heavy (non-hydrogen) atoms. The summed E-state index contributed by atoms with van der Waals surface area (Å²) in [5.41, 5.74) is 3.51. The monoisotopic (exact) mass is 462 g/mol. The third-order valence-electron chi connectivity index (χ3n) is 5.10. The summed E-state index contributed by atoms with van der Waals surface area (Å²) in [6.07, 6.45) is 8.19. The summed E-state index contributed by atoms with van der Waals surface area (Å²) < 4.78 is 5.65. The molecule has 0 fully saturated rings. The Kier molecular flexibility index (Phi) is 7.79. The van der Waals surface area contributed by atoms with Crippen LogP contribution in [0.2, 0.25) is 0 Å². The number of alkyl halides is 1. The van der Waals surface area contributed by atoms with Crippen LogP contribution in [0.4, 0.5) is 0 Å². The lowest BCUT2D eigenvalue weighted by Crippen LogP contribution is -2.46. The van der Waals surface area contributed by atoms with Gasteiger partial charge < -0.3 is 20.4 Å². The molecule has 1 heterocycles. The molecular weight excluding hydrogens is 431 g/mol. The summed E-state index contributed by atoms with van der Waals surface area (Å²) in [7, 11) is 0. The lowest BCUT2D eigenvalue weighted by atomic mass is 9.78. The molecule has 1 aliphatic carbocycles. The van der Waals surface area contributed by atoms with Gasteiger partial charge in [0.15, 0.2) is 0 Å². The highest BCUT2D eigenvalue weighted by Crippen LogP contribution is 2.34.